The number of carbonyl (C=O) groups is 1. The lowest BCUT2D eigenvalue weighted by Crippen LogP contribution is -2.20. The molecule has 39 heavy (non-hydrogen) atoms. The summed E-state index contributed by atoms with van der Waals surface area (Å²) in [6.45, 7) is 1.63. The lowest BCUT2D eigenvalue weighted by atomic mass is 10.2. The van der Waals surface area contributed by atoms with Crippen LogP contribution in [0, 0.1) is 0 Å². The molecule has 2 aromatic heterocycles. The van der Waals surface area contributed by atoms with Crippen LogP contribution in [0.4, 0.5) is 34.5 Å². The predicted molar refractivity (Wildman–Crippen MR) is 146 cm³/mol. The minimum absolute atomic E-state index is 0.0664. The van der Waals surface area contributed by atoms with Crippen LogP contribution >= 0.6 is 22.9 Å². The summed E-state index contributed by atoms with van der Waals surface area (Å²) in [4.78, 5) is 27.4. The van der Waals surface area contributed by atoms with E-state index >= 15 is 0 Å². The molecule has 0 aliphatic rings. The molecule has 2 amide bonds. The van der Waals surface area contributed by atoms with E-state index in [1.54, 1.807) is 30.3 Å². The molecular weight excluding hydrogens is 555 g/mol. The molecule has 0 spiro atoms. The molecule has 14 heteroatoms. The Labute approximate surface area is 231 Å². The molecule has 0 aliphatic heterocycles. The van der Waals surface area contributed by atoms with Crippen LogP contribution in [0.15, 0.2) is 60.2 Å². The molecule has 0 fully saturated rings. The van der Waals surface area contributed by atoms with E-state index in [1.807, 2.05) is 19.5 Å². The molecular formula is C25H23ClF3N7O2S. The molecule has 0 saturated heterocycles. The second kappa shape index (κ2) is 12.3. The van der Waals surface area contributed by atoms with Crippen LogP contribution < -0.4 is 20.7 Å². The Hall–Kier alpha value is -3.94. The number of likely N-dealkylation sites (N-methyl/N-ethyl adjacent to an activating group) is 1. The first kappa shape index (κ1) is 28.1. The Balaban J connectivity index is 1.39. The molecule has 204 valence electrons. The van der Waals surface area contributed by atoms with E-state index in [9.17, 15) is 18.0 Å². The third kappa shape index (κ3) is 8.02. The first-order valence-corrected chi connectivity index (χ1v) is 12.7. The molecule has 2 heterocycles. The van der Waals surface area contributed by atoms with Gasteiger partial charge in [0.1, 0.15) is 17.8 Å². The largest absolute Gasteiger partial charge is 0.439 e. The van der Waals surface area contributed by atoms with E-state index in [1.165, 1.54) is 23.7 Å². The van der Waals surface area contributed by atoms with Crippen molar-refractivity contribution in [3.05, 3.63) is 70.8 Å². The van der Waals surface area contributed by atoms with Crippen LogP contribution in [0.5, 0.6) is 11.6 Å². The second-order valence-corrected chi connectivity index (χ2v) is 9.68. The number of alkyl halides is 3. The highest BCUT2D eigenvalue weighted by molar-refractivity contribution is 7.14. The van der Waals surface area contributed by atoms with Crippen molar-refractivity contribution < 1.29 is 22.7 Å². The van der Waals surface area contributed by atoms with Gasteiger partial charge in [0.25, 0.3) is 0 Å². The first-order chi connectivity index (χ1) is 18.6. The van der Waals surface area contributed by atoms with Gasteiger partial charge in [-0.05, 0) is 44.4 Å². The molecule has 0 saturated carbocycles. The third-order valence-electron chi connectivity index (χ3n) is 5.09. The lowest BCUT2D eigenvalue weighted by molar-refractivity contribution is -0.137. The number of thiazole rings is 1. The monoisotopic (exact) mass is 577 g/mol. The Morgan fingerprint density at radius 1 is 1.05 bits per heavy atom. The average Bonchev–Trinajstić information content (AvgIpc) is 3.34. The molecule has 0 atom stereocenters. The zero-order chi connectivity index (χ0) is 28.0. The number of benzene rings is 2. The molecule has 4 rings (SSSR count). The fourth-order valence-electron chi connectivity index (χ4n) is 3.27. The van der Waals surface area contributed by atoms with Crippen LogP contribution in [-0.4, -0.2) is 53.1 Å². The Kier molecular flexibility index (Phi) is 8.84. The number of urea groups is 1. The molecule has 0 unspecified atom stereocenters. The number of amides is 2. The van der Waals surface area contributed by atoms with E-state index in [0.29, 0.717) is 22.8 Å². The predicted octanol–water partition coefficient (Wildman–Crippen LogP) is 6.68. The van der Waals surface area contributed by atoms with Gasteiger partial charge in [0, 0.05) is 42.0 Å². The SMILES string of the molecule is CN(C)CCNc1nc(-c2cc(Oc3cccc(NC(=O)Nc4ccc(Cl)c(C(F)(F)F)c4)c3)ncn2)cs1. The van der Waals surface area contributed by atoms with Gasteiger partial charge >= 0.3 is 12.2 Å². The molecule has 0 bridgehead atoms. The van der Waals surface area contributed by atoms with Crippen molar-refractivity contribution in [3.63, 3.8) is 0 Å². The van der Waals surface area contributed by atoms with E-state index in [0.717, 1.165) is 30.4 Å². The molecule has 3 N–H and O–H groups in total. The van der Waals surface area contributed by atoms with E-state index in [-0.39, 0.29) is 11.6 Å². The van der Waals surface area contributed by atoms with Crippen molar-refractivity contribution in [2.75, 3.05) is 43.1 Å². The van der Waals surface area contributed by atoms with Crippen molar-refractivity contribution in [3.8, 4) is 23.0 Å². The lowest BCUT2D eigenvalue weighted by Gasteiger charge is -2.13. The van der Waals surface area contributed by atoms with Gasteiger partial charge in [0.05, 0.1) is 16.3 Å². The normalized spacial score (nSPS) is 11.4. The van der Waals surface area contributed by atoms with Gasteiger partial charge < -0.3 is 25.6 Å². The smallest absolute Gasteiger partial charge is 0.417 e. The minimum atomic E-state index is -4.65. The fraction of sp³-hybridized carbons (Fsp3) is 0.200. The van der Waals surface area contributed by atoms with Crippen molar-refractivity contribution in [1.29, 1.82) is 0 Å². The molecule has 2 aromatic carbocycles. The Morgan fingerprint density at radius 2 is 1.82 bits per heavy atom. The number of aromatic nitrogens is 3. The highest BCUT2D eigenvalue weighted by atomic mass is 35.5. The maximum absolute atomic E-state index is 13.1. The van der Waals surface area contributed by atoms with Crippen LogP contribution in [0.2, 0.25) is 5.02 Å². The van der Waals surface area contributed by atoms with E-state index < -0.39 is 22.8 Å². The molecule has 0 aliphatic carbocycles. The molecule has 0 radical (unpaired) electrons. The summed E-state index contributed by atoms with van der Waals surface area (Å²) in [5.41, 5.74) is 0.478. The van der Waals surface area contributed by atoms with Gasteiger partial charge in [0.2, 0.25) is 5.88 Å². The van der Waals surface area contributed by atoms with Gasteiger partial charge in [-0.25, -0.2) is 19.7 Å². The van der Waals surface area contributed by atoms with Crippen LogP contribution in [0.3, 0.4) is 0 Å². The number of ether oxygens (including phenoxy) is 1. The summed E-state index contributed by atoms with van der Waals surface area (Å²) in [7, 11) is 3.99. The van der Waals surface area contributed by atoms with Crippen LogP contribution in [-0.2, 0) is 6.18 Å². The highest BCUT2D eigenvalue weighted by Gasteiger charge is 2.33. The second-order valence-electron chi connectivity index (χ2n) is 8.41. The van der Waals surface area contributed by atoms with Gasteiger partial charge in [-0.2, -0.15) is 13.2 Å². The Bertz CT molecular complexity index is 1450. The van der Waals surface area contributed by atoms with Gasteiger partial charge in [0.15, 0.2) is 5.13 Å². The number of hydrogen-bond donors (Lipinski definition) is 3. The number of halogens is 4. The fourth-order valence-corrected chi connectivity index (χ4v) is 4.22. The van der Waals surface area contributed by atoms with Gasteiger partial charge in [-0.15, -0.1) is 11.3 Å². The van der Waals surface area contributed by atoms with Crippen molar-refractivity contribution in [2.24, 2.45) is 0 Å². The minimum Gasteiger partial charge on any atom is -0.439 e. The summed E-state index contributed by atoms with van der Waals surface area (Å²) < 4.78 is 45.1. The van der Waals surface area contributed by atoms with Gasteiger partial charge in [-0.1, -0.05) is 17.7 Å². The standard InChI is InChI=1S/C25H23ClF3N7O2S/c1-36(2)9-8-30-24-35-21(13-39-24)20-12-22(32-14-31-20)38-17-5-3-4-15(10-17)33-23(37)34-16-6-7-19(26)18(11-16)25(27,28)29/h3-7,10-14H,8-9H2,1-2H3,(H,30,35)(H2,33,34,37). The van der Waals surface area contributed by atoms with Gasteiger partial charge in [-0.3, -0.25) is 0 Å². The maximum atomic E-state index is 13.1. The quantitative estimate of drug-likeness (QED) is 0.204. The number of nitrogens with one attached hydrogen (secondary N) is 3. The third-order valence-corrected chi connectivity index (χ3v) is 6.22. The number of nitrogens with zero attached hydrogens (tertiary/aromatic N) is 4. The van der Waals surface area contributed by atoms with E-state index in [2.05, 4.69) is 35.8 Å². The van der Waals surface area contributed by atoms with Crippen molar-refractivity contribution in [1.82, 2.24) is 19.9 Å². The summed E-state index contributed by atoms with van der Waals surface area (Å²) in [6.07, 6.45) is -3.29. The summed E-state index contributed by atoms with van der Waals surface area (Å²) in [5, 5.41) is 10.4. The zero-order valence-corrected chi connectivity index (χ0v) is 22.3. The zero-order valence-electron chi connectivity index (χ0n) is 20.7. The number of anilines is 3. The number of rotatable bonds is 9. The van der Waals surface area contributed by atoms with Crippen LogP contribution in [0.1, 0.15) is 5.56 Å². The van der Waals surface area contributed by atoms with Crippen molar-refractivity contribution in [2.45, 2.75) is 6.18 Å². The average molecular weight is 578 g/mol. The number of hydrogen-bond acceptors (Lipinski definition) is 8. The highest BCUT2D eigenvalue weighted by Crippen LogP contribution is 2.36. The van der Waals surface area contributed by atoms with E-state index in [4.69, 9.17) is 16.3 Å². The number of carbonyl (C=O) groups excluding carboxylic acids is 1. The topological polar surface area (TPSA) is 104 Å². The van der Waals surface area contributed by atoms with Crippen LogP contribution in [0.25, 0.3) is 11.4 Å². The maximum Gasteiger partial charge on any atom is 0.417 e. The summed E-state index contributed by atoms with van der Waals surface area (Å²) in [5.74, 6) is 0.630. The summed E-state index contributed by atoms with van der Waals surface area (Å²) in [6, 6.07) is 10.4. The Morgan fingerprint density at radius 3 is 2.56 bits per heavy atom. The summed E-state index contributed by atoms with van der Waals surface area (Å²) >= 11 is 7.09. The molecule has 9 nitrogen and oxygen atoms in total. The van der Waals surface area contributed by atoms with Crippen molar-refractivity contribution >= 4 is 45.5 Å². The first-order valence-electron chi connectivity index (χ1n) is 11.5. The molecule has 4 aromatic rings.